The molecule has 5 nitrogen and oxygen atoms in total. The van der Waals surface area contributed by atoms with E-state index in [1.165, 1.54) is 51.4 Å². The summed E-state index contributed by atoms with van der Waals surface area (Å²) in [6.45, 7) is 4.38. The lowest BCUT2D eigenvalue weighted by Gasteiger charge is -2.15. The third kappa shape index (κ3) is 19.6. The van der Waals surface area contributed by atoms with Crippen LogP contribution in [-0.4, -0.2) is 28.3 Å². The standard InChI is InChI=1S/C24H44O5/c1-3-5-7-9-11-13-15-17-21(25)19-24(28)29-22(20-23(26)27)18-16-14-12-10-8-6-4-2/h19,22,25H,3-18,20H2,1-2H3,(H,26,27). The number of aliphatic hydroxyl groups is 1. The molecule has 0 aliphatic rings. The van der Waals surface area contributed by atoms with Crippen molar-refractivity contribution in [3.05, 3.63) is 11.8 Å². The van der Waals surface area contributed by atoms with E-state index in [-0.39, 0.29) is 12.2 Å². The van der Waals surface area contributed by atoms with E-state index >= 15 is 0 Å². The van der Waals surface area contributed by atoms with Gasteiger partial charge in [0.1, 0.15) is 6.10 Å². The summed E-state index contributed by atoms with van der Waals surface area (Å²) in [7, 11) is 0. The zero-order valence-electron chi connectivity index (χ0n) is 18.8. The van der Waals surface area contributed by atoms with Crippen LogP contribution in [0, 0.1) is 0 Å². The molecule has 0 rings (SSSR count). The molecule has 0 saturated heterocycles. The molecule has 170 valence electrons. The minimum Gasteiger partial charge on any atom is -0.512 e. The predicted octanol–water partition coefficient (Wildman–Crippen LogP) is 7.10. The third-order valence-electron chi connectivity index (χ3n) is 5.14. The van der Waals surface area contributed by atoms with Crippen LogP contribution in [0.4, 0.5) is 0 Å². The third-order valence-corrected chi connectivity index (χ3v) is 5.14. The Labute approximate surface area is 177 Å². The summed E-state index contributed by atoms with van der Waals surface area (Å²) in [4.78, 5) is 23.0. The molecule has 0 aliphatic carbocycles. The first-order valence-corrected chi connectivity index (χ1v) is 11.8. The molecule has 0 amide bonds. The SMILES string of the molecule is CCCCCCCCCC(O)=CC(=O)OC(CCCCCCCCC)CC(=O)O. The van der Waals surface area contributed by atoms with Crippen molar-refractivity contribution in [1.82, 2.24) is 0 Å². The van der Waals surface area contributed by atoms with Gasteiger partial charge in [-0.05, 0) is 19.3 Å². The Balaban J connectivity index is 4.10. The van der Waals surface area contributed by atoms with Crippen molar-refractivity contribution in [3.8, 4) is 0 Å². The molecule has 2 N–H and O–H groups in total. The van der Waals surface area contributed by atoms with Gasteiger partial charge < -0.3 is 14.9 Å². The van der Waals surface area contributed by atoms with Crippen molar-refractivity contribution in [1.29, 1.82) is 0 Å². The Morgan fingerprint density at radius 1 is 0.759 bits per heavy atom. The van der Waals surface area contributed by atoms with E-state index in [4.69, 9.17) is 9.84 Å². The monoisotopic (exact) mass is 412 g/mol. The molecular weight excluding hydrogens is 368 g/mol. The molecular formula is C24H44O5. The fourth-order valence-corrected chi connectivity index (χ4v) is 3.40. The maximum atomic E-state index is 12.0. The molecule has 0 aromatic rings. The highest BCUT2D eigenvalue weighted by atomic mass is 16.5. The summed E-state index contributed by atoms with van der Waals surface area (Å²) in [5.74, 6) is -1.59. The average Bonchev–Trinajstić information content (AvgIpc) is 2.65. The van der Waals surface area contributed by atoms with Gasteiger partial charge in [0.25, 0.3) is 0 Å². The predicted molar refractivity (Wildman–Crippen MR) is 118 cm³/mol. The van der Waals surface area contributed by atoms with E-state index in [9.17, 15) is 14.7 Å². The normalized spacial score (nSPS) is 12.7. The van der Waals surface area contributed by atoms with Crippen LogP contribution in [0.3, 0.4) is 0 Å². The van der Waals surface area contributed by atoms with Crippen LogP contribution in [0.25, 0.3) is 0 Å². The Kier molecular flexibility index (Phi) is 18.7. The van der Waals surface area contributed by atoms with Gasteiger partial charge in [0.05, 0.1) is 18.3 Å². The van der Waals surface area contributed by atoms with Crippen molar-refractivity contribution in [2.24, 2.45) is 0 Å². The summed E-state index contributed by atoms with van der Waals surface area (Å²) in [6.07, 6.45) is 17.3. The van der Waals surface area contributed by atoms with Crippen molar-refractivity contribution >= 4 is 11.9 Å². The second-order valence-corrected chi connectivity index (χ2v) is 8.07. The van der Waals surface area contributed by atoms with Gasteiger partial charge in [0.2, 0.25) is 0 Å². The highest BCUT2D eigenvalue weighted by Gasteiger charge is 2.17. The van der Waals surface area contributed by atoms with Crippen LogP contribution < -0.4 is 0 Å². The van der Waals surface area contributed by atoms with E-state index in [2.05, 4.69) is 13.8 Å². The quantitative estimate of drug-likeness (QED) is 0.0964. The number of esters is 1. The molecule has 29 heavy (non-hydrogen) atoms. The number of aliphatic hydroxyl groups excluding tert-OH is 1. The molecule has 0 aromatic heterocycles. The van der Waals surface area contributed by atoms with Crippen LogP contribution in [0.2, 0.25) is 0 Å². The first kappa shape index (κ1) is 27.5. The van der Waals surface area contributed by atoms with Crippen molar-refractivity contribution in [2.75, 3.05) is 0 Å². The van der Waals surface area contributed by atoms with Crippen LogP contribution in [0.1, 0.15) is 123 Å². The number of rotatable bonds is 20. The lowest BCUT2D eigenvalue weighted by molar-refractivity contribution is -0.148. The molecule has 1 unspecified atom stereocenters. The number of carboxylic acid groups (broad SMARTS) is 1. The Bertz CT molecular complexity index is 445. The zero-order chi connectivity index (χ0) is 21.7. The van der Waals surface area contributed by atoms with E-state index < -0.39 is 18.0 Å². The zero-order valence-corrected chi connectivity index (χ0v) is 18.8. The molecule has 0 aromatic carbocycles. The average molecular weight is 413 g/mol. The number of carboxylic acids is 1. The smallest absolute Gasteiger partial charge is 0.334 e. The van der Waals surface area contributed by atoms with Crippen molar-refractivity contribution < 1.29 is 24.5 Å². The Morgan fingerprint density at radius 2 is 1.24 bits per heavy atom. The van der Waals surface area contributed by atoms with E-state index in [0.29, 0.717) is 12.8 Å². The highest BCUT2D eigenvalue weighted by molar-refractivity contribution is 5.82. The minimum atomic E-state index is -0.970. The first-order valence-electron chi connectivity index (χ1n) is 11.8. The molecule has 5 heteroatoms. The molecule has 0 heterocycles. The largest absolute Gasteiger partial charge is 0.512 e. The van der Waals surface area contributed by atoms with Gasteiger partial charge >= 0.3 is 11.9 Å². The van der Waals surface area contributed by atoms with Gasteiger partial charge in [0.15, 0.2) is 0 Å². The minimum absolute atomic E-state index is 0.0218. The summed E-state index contributed by atoms with van der Waals surface area (Å²) < 4.78 is 5.29. The molecule has 0 fully saturated rings. The lowest BCUT2D eigenvalue weighted by Crippen LogP contribution is -2.21. The highest BCUT2D eigenvalue weighted by Crippen LogP contribution is 2.15. The maximum Gasteiger partial charge on any atom is 0.334 e. The van der Waals surface area contributed by atoms with Crippen molar-refractivity contribution in [3.63, 3.8) is 0 Å². The number of hydrogen-bond acceptors (Lipinski definition) is 4. The number of allylic oxidation sites excluding steroid dienone is 1. The number of unbranched alkanes of at least 4 members (excludes halogenated alkanes) is 12. The van der Waals surface area contributed by atoms with Crippen LogP contribution in [-0.2, 0) is 14.3 Å². The Morgan fingerprint density at radius 3 is 1.76 bits per heavy atom. The van der Waals surface area contributed by atoms with Gasteiger partial charge in [-0.3, -0.25) is 4.79 Å². The van der Waals surface area contributed by atoms with Crippen molar-refractivity contribution in [2.45, 2.75) is 129 Å². The second kappa shape index (κ2) is 19.8. The van der Waals surface area contributed by atoms with Crippen LogP contribution in [0.5, 0.6) is 0 Å². The maximum absolute atomic E-state index is 12.0. The number of carbonyl (C=O) groups excluding carboxylic acids is 1. The van der Waals surface area contributed by atoms with Gasteiger partial charge in [-0.2, -0.15) is 0 Å². The van der Waals surface area contributed by atoms with Gasteiger partial charge in [0, 0.05) is 6.42 Å². The molecule has 0 aliphatic heterocycles. The van der Waals surface area contributed by atoms with Gasteiger partial charge in [-0.1, -0.05) is 90.9 Å². The molecule has 0 saturated carbocycles. The number of aliphatic carboxylic acids is 1. The van der Waals surface area contributed by atoms with Gasteiger partial charge in [-0.25, -0.2) is 4.79 Å². The topological polar surface area (TPSA) is 83.8 Å². The lowest BCUT2D eigenvalue weighted by atomic mass is 10.0. The first-order chi connectivity index (χ1) is 14.0. The number of carbonyl (C=O) groups is 2. The molecule has 0 bridgehead atoms. The molecule has 1 atom stereocenters. The number of hydrogen-bond donors (Lipinski definition) is 2. The van der Waals surface area contributed by atoms with Gasteiger partial charge in [-0.15, -0.1) is 0 Å². The second-order valence-electron chi connectivity index (χ2n) is 8.07. The molecule has 0 radical (unpaired) electrons. The number of ether oxygens (including phenoxy) is 1. The summed E-state index contributed by atoms with van der Waals surface area (Å²) >= 11 is 0. The van der Waals surface area contributed by atoms with Crippen LogP contribution in [0.15, 0.2) is 11.8 Å². The van der Waals surface area contributed by atoms with Crippen LogP contribution >= 0.6 is 0 Å². The molecule has 0 spiro atoms. The fourth-order valence-electron chi connectivity index (χ4n) is 3.40. The van der Waals surface area contributed by atoms with E-state index in [0.717, 1.165) is 44.6 Å². The summed E-state index contributed by atoms with van der Waals surface area (Å²) in [5, 5.41) is 19.0. The Hall–Kier alpha value is -1.52. The fraction of sp³-hybridized carbons (Fsp3) is 0.833. The van der Waals surface area contributed by atoms with E-state index in [1.807, 2.05) is 0 Å². The summed E-state index contributed by atoms with van der Waals surface area (Å²) in [5.41, 5.74) is 0. The summed E-state index contributed by atoms with van der Waals surface area (Å²) in [6, 6.07) is 0. The van der Waals surface area contributed by atoms with E-state index in [1.54, 1.807) is 0 Å².